The zero-order valence-corrected chi connectivity index (χ0v) is 13.1. The topological polar surface area (TPSA) is 18.5 Å². The van der Waals surface area contributed by atoms with E-state index in [1.165, 1.54) is 32.1 Å². The Labute approximate surface area is 131 Å². The fraction of sp³-hybridized carbons (Fsp3) is 0.667. The van der Waals surface area contributed by atoms with E-state index in [-0.39, 0.29) is 11.2 Å². The maximum atomic E-state index is 6.28. The van der Waals surface area contributed by atoms with E-state index in [4.69, 9.17) is 21.1 Å². The minimum absolute atomic E-state index is 0.139. The molecule has 4 bridgehead atoms. The Balaban J connectivity index is 1.26. The molecule has 1 aromatic carbocycles. The third-order valence-corrected chi connectivity index (χ3v) is 5.91. The van der Waals surface area contributed by atoms with E-state index in [9.17, 15) is 0 Å². The van der Waals surface area contributed by atoms with Crippen molar-refractivity contribution in [2.24, 2.45) is 17.8 Å². The first-order chi connectivity index (χ1) is 10.2. The number of halogens is 1. The van der Waals surface area contributed by atoms with Crippen LogP contribution in [0.5, 0.6) is 0 Å². The molecule has 0 radical (unpaired) electrons. The molecule has 4 fully saturated rings. The van der Waals surface area contributed by atoms with Gasteiger partial charge in [-0.05, 0) is 55.4 Å². The summed E-state index contributed by atoms with van der Waals surface area (Å²) in [5.41, 5.74) is 0.942. The number of benzene rings is 1. The van der Waals surface area contributed by atoms with Crippen LogP contribution in [0.3, 0.4) is 0 Å². The van der Waals surface area contributed by atoms with Crippen LogP contribution in [-0.4, -0.2) is 17.8 Å². The van der Waals surface area contributed by atoms with Crippen LogP contribution in [0.4, 0.5) is 0 Å². The molecule has 0 aliphatic heterocycles. The average molecular weight is 307 g/mol. The Morgan fingerprint density at radius 1 is 1.10 bits per heavy atom. The highest BCUT2D eigenvalue weighted by Gasteiger charge is 2.56. The third-order valence-electron chi connectivity index (χ3n) is 5.66. The molecule has 0 aromatic heterocycles. The Hall–Kier alpha value is -0.570. The summed E-state index contributed by atoms with van der Waals surface area (Å²) in [6, 6.07) is 10.2. The van der Waals surface area contributed by atoms with Crippen LogP contribution in [0.15, 0.2) is 30.3 Å². The smallest absolute Gasteiger partial charge is 0.154 e. The second-order valence-corrected chi connectivity index (χ2v) is 7.66. The maximum Gasteiger partial charge on any atom is 0.154 e. The summed E-state index contributed by atoms with van der Waals surface area (Å²) in [6.07, 6.45) is 6.67. The molecule has 3 atom stereocenters. The largest absolute Gasteiger partial charge is 0.371 e. The summed E-state index contributed by atoms with van der Waals surface area (Å²) in [7, 11) is 0. The number of ether oxygens (including phenoxy) is 2. The van der Waals surface area contributed by atoms with Gasteiger partial charge in [0.15, 0.2) is 5.56 Å². The first-order valence-corrected chi connectivity index (χ1v) is 8.60. The first-order valence-electron chi connectivity index (χ1n) is 8.16. The van der Waals surface area contributed by atoms with E-state index in [1.807, 2.05) is 18.2 Å². The highest BCUT2D eigenvalue weighted by atomic mass is 35.5. The second kappa shape index (κ2) is 5.57. The second-order valence-electron chi connectivity index (χ2n) is 7.17. The van der Waals surface area contributed by atoms with Crippen molar-refractivity contribution in [2.45, 2.75) is 49.9 Å². The number of hydrogen-bond acceptors (Lipinski definition) is 2. The van der Waals surface area contributed by atoms with Gasteiger partial charge in [-0.15, -0.1) is 0 Å². The fourth-order valence-corrected chi connectivity index (χ4v) is 5.09. The number of hydrogen-bond donors (Lipinski definition) is 0. The standard InChI is InChI=1S/C18H23ClO2/c19-17(20-11-13-4-2-1-3-5-13)12-21-18-8-14-6-15(9-18)16(7-14)10-18/h1-5,14-17H,6-12H2. The van der Waals surface area contributed by atoms with Crippen molar-refractivity contribution in [3.8, 4) is 0 Å². The zero-order valence-electron chi connectivity index (χ0n) is 12.3. The van der Waals surface area contributed by atoms with Gasteiger partial charge < -0.3 is 9.47 Å². The van der Waals surface area contributed by atoms with Gasteiger partial charge in [-0.3, -0.25) is 0 Å². The summed E-state index contributed by atoms with van der Waals surface area (Å²) in [5, 5.41) is 0. The van der Waals surface area contributed by atoms with Crippen molar-refractivity contribution in [1.29, 1.82) is 0 Å². The molecule has 3 heteroatoms. The molecule has 4 aliphatic rings. The van der Waals surface area contributed by atoms with E-state index in [1.54, 1.807) is 0 Å². The molecule has 0 saturated heterocycles. The van der Waals surface area contributed by atoms with E-state index in [0.717, 1.165) is 23.3 Å². The molecular weight excluding hydrogens is 284 g/mol. The molecule has 4 aliphatic carbocycles. The Bertz CT molecular complexity index is 470. The minimum atomic E-state index is -0.350. The summed E-state index contributed by atoms with van der Waals surface area (Å²) < 4.78 is 12.0. The van der Waals surface area contributed by atoms with Crippen molar-refractivity contribution >= 4 is 11.6 Å². The minimum Gasteiger partial charge on any atom is -0.371 e. The molecule has 0 spiro atoms. The van der Waals surface area contributed by atoms with Crippen LogP contribution in [0.1, 0.15) is 37.7 Å². The lowest BCUT2D eigenvalue weighted by molar-refractivity contribution is -0.105. The quantitative estimate of drug-likeness (QED) is 0.727. The van der Waals surface area contributed by atoms with Gasteiger partial charge in [0.25, 0.3) is 0 Å². The van der Waals surface area contributed by atoms with Gasteiger partial charge in [0, 0.05) is 0 Å². The SMILES string of the molecule is ClC(COC12CC3CC(C1)C(C3)C2)OCc1ccccc1. The third kappa shape index (κ3) is 2.86. The monoisotopic (exact) mass is 306 g/mol. The molecule has 5 rings (SSSR count). The van der Waals surface area contributed by atoms with Crippen LogP contribution < -0.4 is 0 Å². The maximum absolute atomic E-state index is 6.28. The summed E-state index contributed by atoms with van der Waals surface area (Å²) in [5.74, 6) is 2.78. The van der Waals surface area contributed by atoms with Gasteiger partial charge in [-0.25, -0.2) is 0 Å². The van der Waals surface area contributed by atoms with Crippen LogP contribution >= 0.6 is 11.6 Å². The predicted molar refractivity (Wildman–Crippen MR) is 83.1 cm³/mol. The van der Waals surface area contributed by atoms with E-state index in [0.29, 0.717) is 13.2 Å². The Morgan fingerprint density at radius 2 is 1.81 bits per heavy atom. The lowest BCUT2D eigenvalue weighted by Crippen LogP contribution is -2.38. The molecule has 21 heavy (non-hydrogen) atoms. The van der Waals surface area contributed by atoms with Gasteiger partial charge in [-0.1, -0.05) is 41.9 Å². The van der Waals surface area contributed by atoms with Crippen LogP contribution in [0.25, 0.3) is 0 Å². The number of alkyl halides is 1. The lowest BCUT2D eigenvalue weighted by atomic mass is 9.78. The summed E-state index contributed by atoms with van der Waals surface area (Å²) in [4.78, 5) is 0. The fourth-order valence-electron chi connectivity index (χ4n) is 4.96. The van der Waals surface area contributed by atoms with E-state index in [2.05, 4.69) is 12.1 Å². The van der Waals surface area contributed by atoms with E-state index >= 15 is 0 Å². The molecule has 2 nitrogen and oxygen atoms in total. The lowest BCUT2D eigenvalue weighted by Gasteiger charge is -2.38. The average Bonchev–Trinajstić information content (AvgIpc) is 2.92. The zero-order chi connectivity index (χ0) is 14.3. The first kappa shape index (κ1) is 14.0. The molecule has 0 N–H and O–H groups in total. The molecule has 3 unspecified atom stereocenters. The van der Waals surface area contributed by atoms with Crippen molar-refractivity contribution in [2.75, 3.05) is 6.61 Å². The van der Waals surface area contributed by atoms with Gasteiger partial charge in [0.2, 0.25) is 0 Å². The normalized spacial score (nSPS) is 38.0. The molecule has 1 aromatic rings. The van der Waals surface area contributed by atoms with Crippen LogP contribution in [0, 0.1) is 17.8 Å². The molecule has 0 amide bonds. The van der Waals surface area contributed by atoms with Crippen molar-refractivity contribution < 1.29 is 9.47 Å². The molecular formula is C18H23ClO2. The predicted octanol–water partition coefficient (Wildman–Crippen LogP) is 4.36. The van der Waals surface area contributed by atoms with Gasteiger partial charge >= 0.3 is 0 Å². The Morgan fingerprint density at radius 3 is 2.48 bits per heavy atom. The van der Waals surface area contributed by atoms with Crippen LogP contribution in [-0.2, 0) is 16.1 Å². The molecule has 114 valence electrons. The van der Waals surface area contributed by atoms with Gasteiger partial charge in [0.05, 0.1) is 18.8 Å². The number of rotatable bonds is 6. The van der Waals surface area contributed by atoms with Crippen LogP contribution in [0.2, 0.25) is 0 Å². The molecule has 4 saturated carbocycles. The summed E-state index contributed by atoms with van der Waals surface area (Å²) in [6.45, 7) is 1.07. The highest BCUT2D eigenvalue weighted by molar-refractivity contribution is 6.19. The van der Waals surface area contributed by atoms with E-state index < -0.39 is 0 Å². The van der Waals surface area contributed by atoms with Gasteiger partial charge in [0.1, 0.15) is 0 Å². The van der Waals surface area contributed by atoms with Gasteiger partial charge in [-0.2, -0.15) is 0 Å². The summed E-state index contributed by atoms with van der Waals surface area (Å²) >= 11 is 6.28. The Kier molecular flexibility index (Phi) is 3.72. The molecule has 0 heterocycles. The van der Waals surface area contributed by atoms with Crippen molar-refractivity contribution in [1.82, 2.24) is 0 Å². The van der Waals surface area contributed by atoms with Crippen molar-refractivity contribution in [3.05, 3.63) is 35.9 Å². The van der Waals surface area contributed by atoms with Crippen molar-refractivity contribution in [3.63, 3.8) is 0 Å². The highest BCUT2D eigenvalue weighted by Crippen LogP contribution is 2.61.